The SMILES string of the molecule is CC(=O)c1ccc(/C=C(\C)c2ccc(C)c(C34CC5CC(CC(C5)C3)C4)c2)cc1. The van der Waals surface area contributed by atoms with E-state index in [2.05, 4.69) is 50.3 Å². The summed E-state index contributed by atoms with van der Waals surface area (Å²) in [6.07, 6.45) is 11.0. The van der Waals surface area contributed by atoms with Crippen LogP contribution in [-0.4, -0.2) is 5.78 Å². The van der Waals surface area contributed by atoms with Crippen LogP contribution in [0.3, 0.4) is 0 Å². The Morgan fingerprint density at radius 2 is 1.41 bits per heavy atom. The molecule has 0 unspecified atom stereocenters. The van der Waals surface area contributed by atoms with Crippen molar-refractivity contribution < 1.29 is 4.79 Å². The number of aryl methyl sites for hydroxylation is 1. The van der Waals surface area contributed by atoms with Gasteiger partial charge in [-0.05, 0) is 110 Å². The summed E-state index contributed by atoms with van der Waals surface area (Å²) < 4.78 is 0. The molecule has 0 N–H and O–H groups in total. The molecule has 0 saturated heterocycles. The second kappa shape index (κ2) is 6.97. The number of hydrogen-bond donors (Lipinski definition) is 0. The molecule has 1 nitrogen and oxygen atoms in total. The molecule has 0 aromatic heterocycles. The van der Waals surface area contributed by atoms with Crippen molar-refractivity contribution in [2.45, 2.75) is 64.7 Å². The second-order valence-electron chi connectivity index (χ2n) is 10.2. The number of benzene rings is 2. The van der Waals surface area contributed by atoms with Gasteiger partial charge in [0.2, 0.25) is 0 Å². The smallest absolute Gasteiger partial charge is 0.159 e. The predicted molar refractivity (Wildman–Crippen MR) is 121 cm³/mol. The van der Waals surface area contributed by atoms with E-state index < -0.39 is 0 Å². The van der Waals surface area contributed by atoms with Crippen molar-refractivity contribution in [2.75, 3.05) is 0 Å². The molecule has 4 saturated carbocycles. The quantitative estimate of drug-likeness (QED) is 0.401. The van der Waals surface area contributed by atoms with Gasteiger partial charge in [-0.1, -0.05) is 48.5 Å². The Kier molecular flexibility index (Phi) is 4.53. The number of carbonyl (C=O) groups is 1. The molecule has 4 aliphatic carbocycles. The molecule has 1 heteroatoms. The van der Waals surface area contributed by atoms with E-state index >= 15 is 0 Å². The Bertz CT molecular complexity index is 941. The maximum absolute atomic E-state index is 11.5. The number of hydrogen-bond acceptors (Lipinski definition) is 1. The van der Waals surface area contributed by atoms with E-state index in [1.807, 2.05) is 12.1 Å². The molecule has 6 rings (SSSR count). The van der Waals surface area contributed by atoms with Crippen molar-refractivity contribution in [3.05, 3.63) is 70.3 Å². The van der Waals surface area contributed by atoms with Crippen molar-refractivity contribution in [3.63, 3.8) is 0 Å². The maximum atomic E-state index is 11.5. The molecule has 150 valence electrons. The van der Waals surface area contributed by atoms with E-state index in [9.17, 15) is 4.79 Å². The Balaban J connectivity index is 1.47. The predicted octanol–water partition coefficient (Wildman–Crippen LogP) is 7.23. The topological polar surface area (TPSA) is 17.1 Å². The Morgan fingerprint density at radius 3 is 1.97 bits per heavy atom. The van der Waals surface area contributed by atoms with Gasteiger partial charge in [0, 0.05) is 5.56 Å². The zero-order chi connectivity index (χ0) is 20.2. The zero-order valence-electron chi connectivity index (χ0n) is 18.0. The van der Waals surface area contributed by atoms with Crippen LogP contribution >= 0.6 is 0 Å². The molecule has 4 aliphatic rings. The zero-order valence-corrected chi connectivity index (χ0v) is 18.0. The van der Waals surface area contributed by atoms with Gasteiger partial charge in [0.05, 0.1) is 0 Å². The van der Waals surface area contributed by atoms with Crippen LogP contribution < -0.4 is 0 Å². The van der Waals surface area contributed by atoms with Crippen LogP contribution in [0.5, 0.6) is 0 Å². The highest BCUT2D eigenvalue weighted by atomic mass is 16.1. The Labute approximate surface area is 175 Å². The van der Waals surface area contributed by atoms with Crippen LogP contribution in [0.4, 0.5) is 0 Å². The largest absolute Gasteiger partial charge is 0.295 e. The first kappa shape index (κ1) is 18.9. The fourth-order valence-electron chi connectivity index (χ4n) is 7.03. The molecule has 0 heterocycles. The summed E-state index contributed by atoms with van der Waals surface area (Å²) in [5.74, 6) is 3.04. The van der Waals surface area contributed by atoms with Crippen LogP contribution in [0.1, 0.15) is 85.0 Å². The summed E-state index contributed by atoms with van der Waals surface area (Å²) in [6, 6.07) is 15.1. The van der Waals surface area contributed by atoms with Crippen LogP contribution in [0.2, 0.25) is 0 Å². The molecule has 0 spiro atoms. The molecule has 4 bridgehead atoms. The third kappa shape index (κ3) is 3.39. The van der Waals surface area contributed by atoms with Gasteiger partial charge in [0.25, 0.3) is 0 Å². The summed E-state index contributed by atoms with van der Waals surface area (Å²) in [7, 11) is 0. The standard InChI is InChI=1S/C28H32O/c1-18-4-7-26(19(2)10-21-5-8-25(9-6-21)20(3)29)14-27(18)28-15-22-11-23(16-28)13-24(12-22)17-28/h4-10,14,22-24H,11-13,15-17H2,1-3H3/b19-10+. The van der Waals surface area contributed by atoms with E-state index in [1.54, 1.807) is 12.5 Å². The Hall–Kier alpha value is -2.15. The number of ketones is 1. The highest BCUT2D eigenvalue weighted by molar-refractivity contribution is 5.94. The lowest BCUT2D eigenvalue weighted by Gasteiger charge is -2.57. The monoisotopic (exact) mass is 384 g/mol. The lowest BCUT2D eigenvalue weighted by molar-refractivity contribution is -0.00547. The van der Waals surface area contributed by atoms with Crippen molar-refractivity contribution >= 4 is 17.4 Å². The molecule has 2 aromatic carbocycles. The van der Waals surface area contributed by atoms with Gasteiger partial charge in [-0.2, -0.15) is 0 Å². The van der Waals surface area contributed by atoms with Gasteiger partial charge < -0.3 is 0 Å². The minimum atomic E-state index is 0.121. The fourth-order valence-corrected chi connectivity index (χ4v) is 7.03. The van der Waals surface area contributed by atoms with Gasteiger partial charge in [-0.25, -0.2) is 0 Å². The molecule has 29 heavy (non-hydrogen) atoms. The summed E-state index contributed by atoms with van der Waals surface area (Å²) in [6.45, 7) is 6.15. The minimum absolute atomic E-state index is 0.121. The molecule has 0 amide bonds. The maximum Gasteiger partial charge on any atom is 0.159 e. The van der Waals surface area contributed by atoms with E-state index in [4.69, 9.17) is 0 Å². The highest BCUT2D eigenvalue weighted by Gasteiger charge is 2.51. The van der Waals surface area contributed by atoms with Crippen LogP contribution in [0.15, 0.2) is 42.5 Å². The van der Waals surface area contributed by atoms with Gasteiger partial charge >= 0.3 is 0 Å². The van der Waals surface area contributed by atoms with Gasteiger partial charge in [-0.3, -0.25) is 4.79 Å². The summed E-state index contributed by atoms with van der Waals surface area (Å²) in [5, 5.41) is 0. The molecular weight excluding hydrogens is 352 g/mol. The lowest BCUT2D eigenvalue weighted by Crippen LogP contribution is -2.48. The van der Waals surface area contributed by atoms with Crippen molar-refractivity contribution in [2.24, 2.45) is 17.8 Å². The third-order valence-corrected chi connectivity index (χ3v) is 8.00. The molecule has 0 radical (unpaired) electrons. The van der Waals surface area contributed by atoms with Crippen molar-refractivity contribution in [3.8, 4) is 0 Å². The molecule has 2 aromatic rings. The first-order valence-electron chi connectivity index (χ1n) is 11.3. The molecule has 0 aliphatic heterocycles. The van der Waals surface area contributed by atoms with E-state index in [-0.39, 0.29) is 5.78 Å². The molecule has 0 atom stereocenters. The minimum Gasteiger partial charge on any atom is -0.295 e. The fraction of sp³-hybridized carbons (Fsp3) is 0.464. The molecule has 4 fully saturated rings. The average molecular weight is 385 g/mol. The van der Waals surface area contributed by atoms with E-state index in [0.717, 1.165) is 28.9 Å². The number of Topliss-reactive ketones (excluding diaryl/α,β-unsaturated/α-hetero) is 1. The van der Waals surface area contributed by atoms with Crippen LogP contribution in [0, 0.1) is 24.7 Å². The van der Waals surface area contributed by atoms with Crippen LogP contribution in [0.25, 0.3) is 11.6 Å². The summed E-state index contributed by atoms with van der Waals surface area (Å²) >= 11 is 0. The molecular formula is C28H32O. The number of rotatable bonds is 4. The van der Waals surface area contributed by atoms with Crippen molar-refractivity contribution in [1.29, 1.82) is 0 Å². The third-order valence-electron chi connectivity index (χ3n) is 8.00. The highest BCUT2D eigenvalue weighted by Crippen LogP contribution is 2.61. The number of allylic oxidation sites excluding steroid dienone is 1. The summed E-state index contributed by atoms with van der Waals surface area (Å²) in [5.41, 5.74) is 8.13. The van der Waals surface area contributed by atoms with Crippen molar-refractivity contribution in [1.82, 2.24) is 0 Å². The first-order chi connectivity index (χ1) is 13.9. The van der Waals surface area contributed by atoms with Crippen LogP contribution in [-0.2, 0) is 5.41 Å². The number of carbonyl (C=O) groups excluding carboxylic acids is 1. The van der Waals surface area contributed by atoms with Gasteiger partial charge in [0.1, 0.15) is 0 Å². The lowest BCUT2D eigenvalue weighted by atomic mass is 9.47. The van der Waals surface area contributed by atoms with E-state index in [0.29, 0.717) is 5.41 Å². The second-order valence-corrected chi connectivity index (χ2v) is 10.2. The first-order valence-corrected chi connectivity index (χ1v) is 11.3. The Morgan fingerprint density at radius 1 is 0.862 bits per heavy atom. The summed E-state index contributed by atoms with van der Waals surface area (Å²) in [4.78, 5) is 11.5. The average Bonchev–Trinajstić information content (AvgIpc) is 2.67. The normalized spacial score (nSPS) is 30.6. The van der Waals surface area contributed by atoms with Gasteiger partial charge in [0.15, 0.2) is 5.78 Å². The van der Waals surface area contributed by atoms with Gasteiger partial charge in [-0.15, -0.1) is 0 Å². The van der Waals surface area contributed by atoms with E-state index in [1.165, 1.54) is 55.2 Å².